The molecular weight excluding hydrogens is 518 g/mol. The lowest BCUT2D eigenvalue weighted by Gasteiger charge is -2.23. The number of Topliss-reactive ketones (excluding diaryl/α,β-unsaturated/α-hetero) is 1. The fourth-order valence-electron chi connectivity index (χ4n) is 3.43. The molecule has 0 aliphatic rings. The maximum Gasteiger partial charge on any atom is 0.408 e. The van der Waals surface area contributed by atoms with Gasteiger partial charge < -0.3 is 30.2 Å². The van der Waals surface area contributed by atoms with Gasteiger partial charge in [-0.05, 0) is 33.3 Å². The summed E-state index contributed by atoms with van der Waals surface area (Å²) in [4.78, 5) is 62.8. The molecule has 216 valence electrons. The number of carbonyl (C=O) groups excluding carboxylic acids is 5. The van der Waals surface area contributed by atoms with E-state index in [0.29, 0.717) is 5.56 Å². The second kappa shape index (κ2) is 16.0. The van der Waals surface area contributed by atoms with E-state index in [-0.39, 0.29) is 32.0 Å². The van der Waals surface area contributed by atoms with E-state index in [2.05, 4.69) is 16.0 Å². The first-order valence-electron chi connectivity index (χ1n) is 12.9. The van der Waals surface area contributed by atoms with Crippen molar-refractivity contribution < 1.29 is 38.2 Å². The molecule has 40 heavy (non-hydrogen) atoms. The summed E-state index contributed by atoms with van der Waals surface area (Å²) in [6.07, 6.45) is -0.654. The second-order valence-corrected chi connectivity index (χ2v) is 9.78. The van der Waals surface area contributed by atoms with E-state index < -0.39 is 48.1 Å². The third kappa shape index (κ3) is 12.1. The van der Waals surface area contributed by atoms with Crippen molar-refractivity contribution in [2.75, 3.05) is 26.4 Å². The summed E-state index contributed by atoms with van der Waals surface area (Å²) in [5, 5.41) is 7.41. The Morgan fingerprint density at radius 2 is 1.48 bits per heavy atom. The summed E-state index contributed by atoms with van der Waals surface area (Å²) >= 11 is 0. The molecule has 2 aromatic carbocycles. The molecule has 11 heteroatoms. The zero-order valence-corrected chi connectivity index (χ0v) is 23.2. The minimum absolute atomic E-state index is 0.112. The Balaban J connectivity index is 2.10. The maximum atomic E-state index is 13.2. The van der Waals surface area contributed by atoms with Gasteiger partial charge in [0.15, 0.2) is 5.78 Å². The SMILES string of the molecule is CCOC(=O)[C@H](Cc1ccccc1)NC(=O)[C@H](COCC(=O)c1ccccc1)NC(=O)CNC(=O)OC(C)(C)C. The minimum atomic E-state index is -1.29. The first kappa shape index (κ1) is 32.0. The van der Waals surface area contributed by atoms with Crippen LogP contribution in [0.3, 0.4) is 0 Å². The molecule has 0 unspecified atom stereocenters. The van der Waals surface area contributed by atoms with Gasteiger partial charge in [0.1, 0.15) is 30.8 Å². The van der Waals surface area contributed by atoms with Gasteiger partial charge in [0, 0.05) is 12.0 Å². The highest BCUT2D eigenvalue weighted by atomic mass is 16.6. The van der Waals surface area contributed by atoms with Crippen LogP contribution in [0.15, 0.2) is 60.7 Å². The normalized spacial score (nSPS) is 12.4. The van der Waals surface area contributed by atoms with Crippen molar-refractivity contribution in [2.24, 2.45) is 0 Å². The Hall–Kier alpha value is -4.25. The molecular formula is C29H37N3O8. The van der Waals surface area contributed by atoms with E-state index >= 15 is 0 Å². The van der Waals surface area contributed by atoms with Crippen LogP contribution in [0, 0.1) is 0 Å². The smallest absolute Gasteiger partial charge is 0.408 e. The lowest BCUT2D eigenvalue weighted by atomic mass is 10.1. The maximum absolute atomic E-state index is 13.2. The summed E-state index contributed by atoms with van der Waals surface area (Å²) in [7, 11) is 0. The van der Waals surface area contributed by atoms with Crippen LogP contribution in [-0.4, -0.2) is 73.7 Å². The van der Waals surface area contributed by atoms with Gasteiger partial charge in [-0.1, -0.05) is 60.7 Å². The largest absolute Gasteiger partial charge is 0.464 e. The van der Waals surface area contributed by atoms with Crippen LogP contribution in [0.2, 0.25) is 0 Å². The van der Waals surface area contributed by atoms with Gasteiger partial charge in [0.25, 0.3) is 0 Å². The third-order valence-corrected chi connectivity index (χ3v) is 5.23. The quantitative estimate of drug-likeness (QED) is 0.237. The Morgan fingerprint density at radius 1 is 0.850 bits per heavy atom. The zero-order valence-electron chi connectivity index (χ0n) is 23.2. The van der Waals surface area contributed by atoms with E-state index in [4.69, 9.17) is 14.2 Å². The number of ketones is 1. The molecule has 0 heterocycles. The average Bonchev–Trinajstić information content (AvgIpc) is 2.91. The molecule has 0 radical (unpaired) electrons. The molecule has 2 atom stereocenters. The molecule has 2 aromatic rings. The zero-order chi connectivity index (χ0) is 29.5. The second-order valence-electron chi connectivity index (χ2n) is 9.78. The van der Waals surface area contributed by atoms with Crippen LogP contribution < -0.4 is 16.0 Å². The van der Waals surface area contributed by atoms with Gasteiger partial charge in [-0.2, -0.15) is 0 Å². The fourth-order valence-corrected chi connectivity index (χ4v) is 3.43. The highest BCUT2D eigenvalue weighted by Crippen LogP contribution is 2.07. The minimum Gasteiger partial charge on any atom is -0.464 e. The highest BCUT2D eigenvalue weighted by molar-refractivity contribution is 5.97. The average molecular weight is 556 g/mol. The Bertz CT molecular complexity index is 1130. The molecule has 2 rings (SSSR count). The number of esters is 1. The molecule has 3 N–H and O–H groups in total. The van der Waals surface area contributed by atoms with Crippen molar-refractivity contribution in [3.05, 3.63) is 71.8 Å². The molecule has 3 amide bonds. The van der Waals surface area contributed by atoms with Crippen molar-refractivity contribution in [3.63, 3.8) is 0 Å². The highest BCUT2D eigenvalue weighted by Gasteiger charge is 2.28. The Labute approximate surface area is 233 Å². The molecule has 0 fully saturated rings. The Morgan fingerprint density at radius 3 is 2.08 bits per heavy atom. The summed E-state index contributed by atoms with van der Waals surface area (Å²) in [5.74, 6) is -2.39. The number of ether oxygens (including phenoxy) is 3. The fraction of sp³-hybridized carbons (Fsp3) is 0.414. The summed E-state index contributed by atoms with van der Waals surface area (Å²) in [5.41, 5.74) is 0.454. The van der Waals surface area contributed by atoms with Gasteiger partial charge >= 0.3 is 12.1 Å². The van der Waals surface area contributed by atoms with Crippen molar-refractivity contribution in [3.8, 4) is 0 Å². The number of benzene rings is 2. The van der Waals surface area contributed by atoms with Gasteiger partial charge in [0.05, 0.1) is 13.2 Å². The third-order valence-electron chi connectivity index (χ3n) is 5.23. The van der Waals surface area contributed by atoms with Gasteiger partial charge in [-0.3, -0.25) is 14.4 Å². The number of hydrogen-bond donors (Lipinski definition) is 3. The molecule has 0 spiro atoms. The first-order valence-corrected chi connectivity index (χ1v) is 12.9. The molecule has 0 aliphatic heterocycles. The van der Waals surface area contributed by atoms with Crippen LogP contribution in [0.1, 0.15) is 43.6 Å². The topological polar surface area (TPSA) is 149 Å². The van der Waals surface area contributed by atoms with Gasteiger partial charge in [-0.25, -0.2) is 9.59 Å². The molecule has 0 bridgehead atoms. The van der Waals surface area contributed by atoms with Crippen molar-refractivity contribution >= 4 is 29.7 Å². The number of alkyl carbamates (subject to hydrolysis) is 1. The number of amides is 3. The van der Waals surface area contributed by atoms with Gasteiger partial charge in [-0.15, -0.1) is 0 Å². The Kier molecular flexibility index (Phi) is 12.8. The van der Waals surface area contributed by atoms with E-state index in [1.54, 1.807) is 82.3 Å². The van der Waals surface area contributed by atoms with Gasteiger partial charge in [0.2, 0.25) is 11.8 Å². The van der Waals surface area contributed by atoms with Crippen molar-refractivity contribution in [2.45, 2.75) is 51.8 Å². The van der Waals surface area contributed by atoms with Crippen LogP contribution in [-0.2, 0) is 35.0 Å². The van der Waals surface area contributed by atoms with Crippen LogP contribution in [0.5, 0.6) is 0 Å². The van der Waals surface area contributed by atoms with Crippen molar-refractivity contribution in [1.82, 2.24) is 16.0 Å². The lowest BCUT2D eigenvalue weighted by molar-refractivity contribution is -0.147. The number of hydrogen-bond acceptors (Lipinski definition) is 8. The van der Waals surface area contributed by atoms with E-state index in [1.807, 2.05) is 6.07 Å². The van der Waals surface area contributed by atoms with E-state index in [9.17, 15) is 24.0 Å². The van der Waals surface area contributed by atoms with Crippen molar-refractivity contribution in [1.29, 1.82) is 0 Å². The predicted molar refractivity (Wildman–Crippen MR) is 146 cm³/mol. The lowest BCUT2D eigenvalue weighted by Crippen LogP contribution is -2.55. The summed E-state index contributed by atoms with van der Waals surface area (Å²) in [6, 6.07) is 15.2. The van der Waals surface area contributed by atoms with Crippen LogP contribution >= 0.6 is 0 Å². The number of carbonyl (C=O) groups is 5. The van der Waals surface area contributed by atoms with Crippen LogP contribution in [0.25, 0.3) is 0 Å². The summed E-state index contributed by atoms with van der Waals surface area (Å²) < 4.78 is 15.7. The number of nitrogens with one attached hydrogen (secondary N) is 3. The standard InChI is InChI=1S/C29H37N3O8/c1-5-39-27(36)22(16-20-12-8-6-9-13-20)32-26(35)23(18-38-19-24(33)21-14-10-7-11-15-21)31-25(34)17-30-28(37)40-29(2,3)4/h6-15,22-23H,5,16-19H2,1-4H3,(H,30,37)(H,31,34)(H,32,35)/t22-,23-/m0/s1. The molecule has 0 aromatic heterocycles. The summed E-state index contributed by atoms with van der Waals surface area (Å²) in [6.45, 7) is 5.60. The number of rotatable bonds is 14. The van der Waals surface area contributed by atoms with Crippen LogP contribution in [0.4, 0.5) is 4.79 Å². The monoisotopic (exact) mass is 555 g/mol. The molecule has 11 nitrogen and oxygen atoms in total. The molecule has 0 saturated carbocycles. The van der Waals surface area contributed by atoms with E-state index in [0.717, 1.165) is 5.56 Å². The molecule has 0 saturated heterocycles. The first-order chi connectivity index (χ1) is 19.0. The predicted octanol–water partition coefficient (Wildman–Crippen LogP) is 2.19. The van der Waals surface area contributed by atoms with E-state index in [1.165, 1.54) is 0 Å². The molecule has 0 aliphatic carbocycles.